The number of aromatic amines is 1. The Hall–Kier alpha value is -2.61. The van der Waals surface area contributed by atoms with Gasteiger partial charge in [0, 0.05) is 36.1 Å². The largest absolute Gasteiger partial charge is 0.339 e. The molecule has 0 aliphatic rings. The first kappa shape index (κ1) is 21.7. The molecule has 1 aromatic carbocycles. The molecule has 0 fully saturated rings. The molecule has 150 valence electrons. The predicted molar refractivity (Wildman–Crippen MR) is 112 cm³/mol. The van der Waals surface area contributed by atoms with E-state index in [2.05, 4.69) is 15.3 Å². The van der Waals surface area contributed by atoms with E-state index < -0.39 is 0 Å². The lowest BCUT2D eigenvalue weighted by Crippen LogP contribution is -2.30. The van der Waals surface area contributed by atoms with Crippen molar-refractivity contribution in [2.45, 2.75) is 38.8 Å². The molecule has 8 heteroatoms. The summed E-state index contributed by atoms with van der Waals surface area (Å²) in [4.78, 5) is 44.9. The average Bonchev–Trinajstić information content (AvgIpc) is 2.68. The summed E-state index contributed by atoms with van der Waals surface area (Å²) >= 11 is 1.18. The number of H-pyrrole nitrogens is 1. The first-order chi connectivity index (χ1) is 13.5. The molecule has 0 saturated carbocycles. The van der Waals surface area contributed by atoms with Gasteiger partial charge in [0.15, 0.2) is 5.16 Å². The number of aryl methyl sites for hydroxylation is 1. The number of amides is 2. The highest BCUT2D eigenvalue weighted by atomic mass is 32.2. The fourth-order valence-corrected chi connectivity index (χ4v) is 3.35. The van der Waals surface area contributed by atoms with Gasteiger partial charge in [-0.05, 0) is 44.5 Å². The lowest BCUT2D eigenvalue weighted by molar-refractivity contribution is -0.113. The molecule has 0 atom stereocenters. The van der Waals surface area contributed by atoms with E-state index in [9.17, 15) is 14.4 Å². The summed E-state index contributed by atoms with van der Waals surface area (Å²) < 4.78 is 0. The maximum atomic E-state index is 12.3. The molecule has 0 aliphatic carbocycles. The Bertz CT molecular complexity index is 860. The Morgan fingerprint density at radius 1 is 1.14 bits per heavy atom. The number of hydrogen-bond donors (Lipinski definition) is 2. The minimum atomic E-state index is -0.213. The second-order valence-electron chi connectivity index (χ2n) is 6.18. The first-order valence-electron chi connectivity index (χ1n) is 9.39. The SMILES string of the molecule is CCCc1cc(=O)[nH]c(SCC(=O)Nc2ccc(C(=O)N(CC)CC)cc2)n1. The quantitative estimate of drug-likeness (QED) is 0.497. The van der Waals surface area contributed by atoms with Gasteiger partial charge in [0.1, 0.15) is 0 Å². The number of carbonyl (C=O) groups excluding carboxylic acids is 2. The van der Waals surface area contributed by atoms with Crippen molar-refractivity contribution < 1.29 is 9.59 Å². The van der Waals surface area contributed by atoms with Gasteiger partial charge in [-0.3, -0.25) is 14.4 Å². The Morgan fingerprint density at radius 2 is 1.82 bits per heavy atom. The maximum absolute atomic E-state index is 12.3. The molecule has 28 heavy (non-hydrogen) atoms. The van der Waals surface area contributed by atoms with Crippen molar-refractivity contribution in [3.8, 4) is 0 Å². The minimum absolute atomic E-state index is 0.0274. The number of nitrogens with zero attached hydrogens (tertiary/aromatic N) is 2. The molecule has 0 radical (unpaired) electrons. The fourth-order valence-electron chi connectivity index (χ4n) is 2.66. The third-order valence-corrected chi connectivity index (χ3v) is 4.96. The summed E-state index contributed by atoms with van der Waals surface area (Å²) in [5.74, 6) is -0.115. The highest BCUT2D eigenvalue weighted by molar-refractivity contribution is 7.99. The molecule has 2 N–H and O–H groups in total. The van der Waals surface area contributed by atoms with Crippen LogP contribution in [0.4, 0.5) is 5.69 Å². The van der Waals surface area contributed by atoms with Gasteiger partial charge in [0.2, 0.25) is 5.91 Å². The van der Waals surface area contributed by atoms with Crippen LogP contribution in [0, 0.1) is 0 Å². The highest BCUT2D eigenvalue weighted by Crippen LogP contribution is 2.15. The van der Waals surface area contributed by atoms with Crippen molar-refractivity contribution in [3.05, 3.63) is 51.9 Å². The van der Waals surface area contributed by atoms with E-state index in [1.807, 2.05) is 20.8 Å². The van der Waals surface area contributed by atoms with E-state index in [1.54, 1.807) is 29.2 Å². The molecule has 0 spiro atoms. The van der Waals surface area contributed by atoms with Crippen molar-refractivity contribution in [1.82, 2.24) is 14.9 Å². The lowest BCUT2D eigenvalue weighted by Gasteiger charge is -2.18. The molecule has 2 amide bonds. The predicted octanol–water partition coefficient (Wildman–Crippen LogP) is 2.94. The van der Waals surface area contributed by atoms with E-state index in [4.69, 9.17) is 0 Å². The topological polar surface area (TPSA) is 95.2 Å². The van der Waals surface area contributed by atoms with Gasteiger partial charge in [-0.25, -0.2) is 4.98 Å². The summed E-state index contributed by atoms with van der Waals surface area (Å²) in [5, 5.41) is 3.22. The number of aromatic nitrogens is 2. The van der Waals surface area contributed by atoms with Crippen molar-refractivity contribution >= 4 is 29.3 Å². The van der Waals surface area contributed by atoms with Crippen molar-refractivity contribution in [2.24, 2.45) is 0 Å². The zero-order valence-electron chi connectivity index (χ0n) is 16.4. The zero-order chi connectivity index (χ0) is 20.5. The van der Waals surface area contributed by atoms with Gasteiger partial charge in [0.05, 0.1) is 5.75 Å². The maximum Gasteiger partial charge on any atom is 0.253 e. The third kappa shape index (κ3) is 6.23. The third-order valence-electron chi connectivity index (χ3n) is 4.09. The zero-order valence-corrected chi connectivity index (χ0v) is 17.3. The van der Waals surface area contributed by atoms with Gasteiger partial charge in [-0.1, -0.05) is 25.1 Å². The standard InChI is InChI=1S/C20H26N4O3S/c1-4-7-16-12-17(25)23-20(22-16)28-13-18(26)21-15-10-8-14(9-11-15)19(27)24(5-2)6-3/h8-12H,4-7,13H2,1-3H3,(H,21,26)(H,22,23,25). The molecule has 0 aliphatic heterocycles. The molecular weight excluding hydrogens is 376 g/mol. The lowest BCUT2D eigenvalue weighted by atomic mass is 10.2. The van der Waals surface area contributed by atoms with Gasteiger partial charge in [-0.2, -0.15) is 0 Å². The van der Waals surface area contributed by atoms with Crippen molar-refractivity contribution in [1.29, 1.82) is 0 Å². The second kappa shape index (κ2) is 10.7. The van der Waals surface area contributed by atoms with Crippen LogP contribution in [0.15, 0.2) is 40.3 Å². The second-order valence-corrected chi connectivity index (χ2v) is 7.15. The van der Waals surface area contributed by atoms with Crippen LogP contribution in [-0.2, 0) is 11.2 Å². The van der Waals surface area contributed by atoms with E-state index in [-0.39, 0.29) is 23.1 Å². The average molecular weight is 403 g/mol. The number of rotatable bonds is 9. The summed E-state index contributed by atoms with van der Waals surface area (Å²) in [5.41, 5.74) is 1.71. The van der Waals surface area contributed by atoms with Crippen LogP contribution in [-0.4, -0.2) is 45.5 Å². The Kier molecular flexibility index (Phi) is 8.25. The number of thioether (sulfide) groups is 1. The van der Waals surface area contributed by atoms with Crippen LogP contribution in [0.1, 0.15) is 43.2 Å². The number of nitrogens with one attached hydrogen (secondary N) is 2. The number of hydrogen-bond acceptors (Lipinski definition) is 5. The first-order valence-corrected chi connectivity index (χ1v) is 10.4. The Morgan fingerprint density at radius 3 is 2.43 bits per heavy atom. The number of benzene rings is 1. The van der Waals surface area contributed by atoms with Crippen LogP contribution in [0.5, 0.6) is 0 Å². The highest BCUT2D eigenvalue weighted by Gasteiger charge is 2.12. The van der Waals surface area contributed by atoms with Crippen LogP contribution in [0.3, 0.4) is 0 Å². The molecule has 2 aromatic rings. The van der Waals surface area contributed by atoms with Gasteiger partial charge in [0.25, 0.3) is 11.5 Å². The molecule has 0 unspecified atom stereocenters. The molecule has 0 saturated heterocycles. The van der Waals surface area contributed by atoms with Gasteiger partial charge >= 0.3 is 0 Å². The van der Waals surface area contributed by atoms with E-state index in [1.165, 1.54) is 17.8 Å². The van der Waals surface area contributed by atoms with E-state index in [0.29, 0.717) is 29.5 Å². The summed E-state index contributed by atoms with van der Waals surface area (Å²) in [7, 11) is 0. The summed E-state index contributed by atoms with van der Waals surface area (Å²) in [6.07, 6.45) is 1.62. The summed E-state index contributed by atoms with van der Waals surface area (Å²) in [6, 6.07) is 8.31. The minimum Gasteiger partial charge on any atom is -0.339 e. The van der Waals surface area contributed by atoms with Crippen molar-refractivity contribution in [3.63, 3.8) is 0 Å². The van der Waals surface area contributed by atoms with Crippen LogP contribution in [0.25, 0.3) is 0 Å². The Labute approximate surface area is 168 Å². The smallest absolute Gasteiger partial charge is 0.253 e. The van der Waals surface area contributed by atoms with Gasteiger partial charge in [-0.15, -0.1) is 0 Å². The molecule has 0 bridgehead atoms. The fraction of sp³-hybridized carbons (Fsp3) is 0.400. The molecular formula is C20H26N4O3S. The molecule has 7 nitrogen and oxygen atoms in total. The van der Waals surface area contributed by atoms with Crippen LogP contribution in [0.2, 0.25) is 0 Å². The van der Waals surface area contributed by atoms with Gasteiger partial charge < -0.3 is 15.2 Å². The Balaban J connectivity index is 1.93. The molecule has 1 heterocycles. The van der Waals surface area contributed by atoms with Crippen LogP contribution >= 0.6 is 11.8 Å². The number of carbonyl (C=O) groups is 2. The molecule has 2 rings (SSSR count). The van der Waals surface area contributed by atoms with E-state index >= 15 is 0 Å². The van der Waals surface area contributed by atoms with Crippen LogP contribution < -0.4 is 10.9 Å². The van der Waals surface area contributed by atoms with E-state index in [0.717, 1.165) is 18.5 Å². The van der Waals surface area contributed by atoms with Crippen molar-refractivity contribution in [2.75, 3.05) is 24.2 Å². The number of anilines is 1. The summed E-state index contributed by atoms with van der Waals surface area (Å²) in [6.45, 7) is 7.20. The monoisotopic (exact) mass is 402 g/mol. The molecule has 1 aromatic heterocycles. The normalized spacial score (nSPS) is 10.5.